The number of thiocarbonyl (C=S) groups is 1. The molecule has 0 atom stereocenters. The second-order valence-electron chi connectivity index (χ2n) is 6.13. The van der Waals surface area contributed by atoms with E-state index < -0.39 is 0 Å². The predicted molar refractivity (Wildman–Crippen MR) is 88.7 cm³/mol. The van der Waals surface area contributed by atoms with Crippen LogP contribution in [0.4, 0.5) is 0 Å². The highest BCUT2D eigenvalue weighted by Gasteiger charge is 2.27. The molecule has 1 aliphatic carbocycles. The van der Waals surface area contributed by atoms with Crippen LogP contribution < -0.4 is 11.3 Å². The van der Waals surface area contributed by atoms with E-state index in [1.165, 1.54) is 24.1 Å². The van der Waals surface area contributed by atoms with Crippen molar-refractivity contribution in [1.29, 1.82) is 0 Å². The summed E-state index contributed by atoms with van der Waals surface area (Å²) in [5.41, 5.74) is 8.79. The highest BCUT2D eigenvalue weighted by molar-refractivity contribution is 7.80. The lowest BCUT2D eigenvalue weighted by molar-refractivity contribution is 0.259. The van der Waals surface area contributed by atoms with E-state index in [1.807, 2.05) is 10.6 Å². The van der Waals surface area contributed by atoms with Crippen LogP contribution in [0.5, 0.6) is 0 Å². The van der Waals surface area contributed by atoms with Crippen molar-refractivity contribution >= 4 is 17.2 Å². The first-order valence-corrected chi connectivity index (χ1v) is 8.32. The van der Waals surface area contributed by atoms with Crippen LogP contribution in [0, 0.1) is 0 Å². The highest BCUT2D eigenvalue weighted by atomic mass is 32.1. The second kappa shape index (κ2) is 5.89. The van der Waals surface area contributed by atoms with Gasteiger partial charge >= 0.3 is 0 Å². The number of likely N-dealkylation sites (N-methyl/N-ethyl adjacent to an activating group) is 1. The lowest BCUT2D eigenvalue weighted by atomic mass is 10.0. The minimum Gasteiger partial charge on any atom is -0.389 e. The Balaban J connectivity index is 2.14. The Bertz CT molecular complexity index is 617. The van der Waals surface area contributed by atoms with Crippen molar-refractivity contribution in [3.63, 3.8) is 0 Å². The number of hydrogen-bond donors (Lipinski definition) is 1. The summed E-state index contributed by atoms with van der Waals surface area (Å²) in [4.78, 5) is 15.4. The van der Waals surface area contributed by atoms with E-state index in [-0.39, 0.29) is 10.5 Å². The minimum absolute atomic E-state index is 0.0260. The van der Waals surface area contributed by atoms with E-state index in [4.69, 9.17) is 18.0 Å². The van der Waals surface area contributed by atoms with Crippen molar-refractivity contribution in [2.24, 2.45) is 5.73 Å². The fraction of sp³-hybridized carbons (Fsp3) is 0.625. The Hall–Kier alpha value is -1.20. The van der Waals surface area contributed by atoms with Gasteiger partial charge < -0.3 is 10.3 Å². The smallest absolute Gasteiger partial charge is 0.261 e. The first kappa shape index (κ1) is 14.7. The van der Waals surface area contributed by atoms with E-state index in [0.29, 0.717) is 11.6 Å². The molecule has 5 heteroatoms. The molecule has 0 saturated heterocycles. The number of fused-ring (bicyclic) bond motifs is 1. The Morgan fingerprint density at radius 1 is 1.43 bits per heavy atom. The second-order valence-corrected chi connectivity index (χ2v) is 6.57. The fourth-order valence-electron chi connectivity index (χ4n) is 3.72. The van der Waals surface area contributed by atoms with Crippen molar-refractivity contribution in [2.75, 3.05) is 13.1 Å². The normalized spacial score (nSPS) is 19.7. The van der Waals surface area contributed by atoms with E-state index in [2.05, 4.69) is 11.8 Å². The molecule has 1 aromatic rings. The summed E-state index contributed by atoms with van der Waals surface area (Å²) >= 11 is 5.10. The van der Waals surface area contributed by atoms with E-state index >= 15 is 0 Å². The van der Waals surface area contributed by atoms with Crippen LogP contribution in [0.15, 0.2) is 10.9 Å². The summed E-state index contributed by atoms with van der Waals surface area (Å²) in [6, 6.07) is 2.28. The molecule has 2 heterocycles. The molecular weight excluding hydrogens is 282 g/mol. The number of rotatable bonds is 3. The first-order chi connectivity index (χ1) is 10.1. The zero-order valence-corrected chi connectivity index (χ0v) is 13.4. The van der Waals surface area contributed by atoms with Crippen molar-refractivity contribution in [2.45, 2.75) is 51.6 Å². The number of hydrogen-bond acceptors (Lipinski definition) is 3. The molecule has 1 aromatic heterocycles. The molecule has 0 unspecified atom stereocenters. The van der Waals surface area contributed by atoms with E-state index in [1.54, 1.807) is 0 Å². The molecule has 4 nitrogen and oxygen atoms in total. The summed E-state index contributed by atoms with van der Waals surface area (Å²) in [7, 11) is 0. The Kier molecular flexibility index (Phi) is 4.13. The quantitative estimate of drug-likeness (QED) is 0.868. The Labute approximate surface area is 130 Å². The van der Waals surface area contributed by atoms with Crippen molar-refractivity contribution < 1.29 is 0 Å². The van der Waals surface area contributed by atoms with Gasteiger partial charge in [0.05, 0.1) is 5.56 Å². The van der Waals surface area contributed by atoms with Gasteiger partial charge in [0.25, 0.3) is 5.56 Å². The molecule has 0 aromatic carbocycles. The average molecular weight is 305 g/mol. The first-order valence-electron chi connectivity index (χ1n) is 7.91. The highest BCUT2D eigenvalue weighted by Crippen LogP contribution is 2.31. The van der Waals surface area contributed by atoms with Crippen molar-refractivity contribution in [3.05, 3.63) is 33.2 Å². The lowest BCUT2D eigenvalue weighted by Gasteiger charge is -2.31. The standard InChI is InChI=1S/C16H23N3OS/c1-2-18-8-7-14-11(10-18)9-13(15(17)21)16(20)19(14)12-5-3-4-6-12/h9,12H,2-8,10H2,1H3,(H2,17,21). The van der Waals surface area contributed by atoms with Crippen LogP contribution in [0.2, 0.25) is 0 Å². The third kappa shape index (κ3) is 2.64. The average Bonchev–Trinajstić information content (AvgIpc) is 2.99. The SMILES string of the molecule is CCN1CCc2c(cc(C(N)=S)c(=O)n2C2CCCC2)C1. The van der Waals surface area contributed by atoms with Gasteiger partial charge in [0, 0.05) is 31.2 Å². The molecule has 114 valence electrons. The summed E-state index contributed by atoms with van der Waals surface area (Å²) in [6.07, 6.45) is 5.58. The van der Waals surface area contributed by atoms with Crippen LogP contribution in [-0.4, -0.2) is 27.5 Å². The van der Waals surface area contributed by atoms with Gasteiger partial charge in [-0.2, -0.15) is 0 Å². The maximum Gasteiger partial charge on any atom is 0.261 e. The summed E-state index contributed by atoms with van der Waals surface area (Å²) in [5, 5.41) is 0. The minimum atomic E-state index is 0.0260. The fourth-order valence-corrected chi connectivity index (χ4v) is 3.87. The van der Waals surface area contributed by atoms with Gasteiger partial charge in [-0.1, -0.05) is 32.0 Å². The largest absolute Gasteiger partial charge is 0.389 e. The van der Waals surface area contributed by atoms with Crippen LogP contribution in [-0.2, 0) is 13.0 Å². The molecule has 2 N–H and O–H groups in total. The van der Waals surface area contributed by atoms with E-state index in [0.717, 1.165) is 38.9 Å². The number of aromatic nitrogens is 1. The molecule has 0 amide bonds. The summed E-state index contributed by atoms with van der Waals surface area (Å²) in [6.45, 7) is 5.13. The monoisotopic (exact) mass is 305 g/mol. The molecule has 1 aliphatic heterocycles. The summed E-state index contributed by atoms with van der Waals surface area (Å²) < 4.78 is 2.03. The predicted octanol–water partition coefficient (Wildman–Crippen LogP) is 1.98. The van der Waals surface area contributed by atoms with Crippen LogP contribution >= 0.6 is 12.2 Å². The lowest BCUT2D eigenvalue weighted by Crippen LogP contribution is -2.39. The molecule has 1 saturated carbocycles. The molecule has 0 radical (unpaired) electrons. The maximum absolute atomic E-state index is 12.8. The number of pyridine rings is 1. The molecule has 1 fully saturated rings. The third-order valence-corrected chi connectivity index (χ3v) is 5.11. The van der Waals surface area contributed by atoms with Gasteiger partial charge in [0.15, 0.2) is 0 Å². The van der Waals surface area contributed by atoms with Crippen LogP contribution in [0.25, 0.3) is 0 Å². The van der Waals surface area contributed by atoms with Gasteiger partial charge in [0.1, 0.15) is 4.99 Å². The van der Waals surface area contributed by atoms with Gasteiger partial charge in [-0.3, -0.25) is 9.69 Å². The van der Waals surface area contributed by atoms with E-state index in [9.17, 15) is 4.79 Å². The summed E-state index contributed by atoms with van der Waals surface area (Å²) in [5.74, 6) is 0. The third-order valence-electron chi connectivity index (χ3n) is 4.89. The zero-order valence-electron chi connectivity index (χ0n) is 12.6. The molecule has 0 bridgehead atoms. The number of nitrogens with two attached hydrogens (primary N) is 1. The molecule has 3 rings (SSSR count). The maximum atomic E-state index is 12.8. The molecule has 0 spiro atoms. The van der Waals surface area contributed by atoms with Gasteiger partial charge in [-0.25, -0.2) is 0 Å². The van der Waals surface area contributed by atoms with Crippen LogP contribution in [0.3, 0.4) is 0 Å². The van der Waals surface area contributed by atoms with Gasteiger partial charge in [-0.15, -0.1) is 0 Å². The van der Waals surface area contributed by atoms with Gasteiger partial charge in [-0.05, 0) is 31.0 Å². The number of nitrogens with zero attached hydrogens (tertiary/aromatic N) is 2. The topological polar surface area (TPSA) is 51.3 Å². The molecule has 2 aliphatic rings. The van der Waals surface area contributed by atoms with Crippen LogP contribution in [0.1, 0.15) is 55.5 Å². The molecular formula is C16H23N3OS. The Morgan fingerprint density at radius 2 is 2.14 bits per heavy atom. The van der Waals surface area contributed by atoms with Gasteiger partial charge in [0.2, 0.25) is 0 Å². The van der Waals surface area contributed by atoms with Crippen molar-refractivity contribution in [1.82, 2.24) is 9.47 Å². The molecule has 21 heavy (non-hydrogen) atoms. The van der Waals surface area contributed by atoms with Crippen molar-refractivity contribution in [3.8, 4) is 0 Å². The Morgan fingerprint density at radius 3 is 2.76 bits per heavy atom. The zero-order chi connectivity index (χ0) is 15.0.